The minimum Gasteiger partial charge on any atom is -0.396 e. The summed E-state index contributed by atoms with van der Waals surface area (Å²) in [4.78, 5) is 16.6. The average molecular weight is 294 g/mol. The van der Waals surface area contributed by atoms with Crippen molar-refractivity contribution in [2.24, 2.45) is 5.92 Å². The van der Waals surface area contributed by atoms with Crippen LogP contribution in [0.15, 0.2) is 12.2 Å². The predicted molar refractivity (Wildman–Crippen MR) is 85.0 cm³/mol. The SMILES string of the molecule is CC/C=C/CC(=O)N1CCC(N2CCC[C@H](CO)C2)CC1. The lowest BCUT2D eigenvalue weighted by molar-refractivity contribution is -0.132. The highest BCUT2D eigenvalue weighted by Crippen LogP contribution is 2.23. The summed E-state index contributed by atoms with van der Waals surface area (Å²) < 4.78 is 0. The quantitative estimate of drug-likeness (QED) is 0.789. The van der Waals surface area contributed by atoms with Crippen LogP contribution in [0.3, 0.4) is 0 Å². The van der Waals surface area contributed by atoms with Gasteiger partial charge in [0.1, 0.15) is 0 Å². The van der Waals surface area contributed by atoms with Crippen molar-refractivity contribution in [3.8, 4) is 0 Å². The van der Waals surface area contributed by atoms with Crippen LogP contribution in [0.25, 0.3) is 0 Å². The van der Waals surface area contributed by atoms with Crippen LogP contribution in [0.2, 0.25) is 0 Å². The minimum atomic E-state index is 0.269. The fourth-order valence-electron chi connectivity index (χ4n) is 3.54. The number of amides is 1. The fraction of sp³-hybridized carbons (Fsp3) is 0.824. The number of aliphatic hydroxyl groups is 1. The van der Waals surface area contributed by atoms with Gasteiger partial charge in [0.2, 0.25) is 5.91 Å². The van der Waals surface area contributed by atoms with Gasteiger partial charge in [-0.25, -0.2) is 0 Å². The summed E-state index contributed by atoms with van der Waals surface area (Å²) in [6.45, 7) is 6.39. The van der Waals surface area contributed by atoms with Gasteiger partial charge < -0.3 is 10.0 Å². The van der Waals surface area contributed by atoms with Gasteiger partial charge in [-0.15, -0.1) is 0 Å². The Bertz CT molecular complexity index is 349. The molecule has 0 radical (unpaired) electrons. The lowest BCUT2D eigenvalue weighted by Crippen LogP contribution is -2.50. The topological polar surface area (TPSA) is 43.8 Å². The third-order valence-electron chi connectivity index (χ3n) is 4.84. The molecule has 0 aromatic carbocycles. The molecule has 2 aliphatic rings. The number of piperidine rings is 2. The second-order valence-electron chi connectivity index (χ2n) is 6.38. The molecule has 0 bridgehead atoms. The molecule has 0 saturated carbocycles. The van der Waals surface area contributed by atoms with E-state index in [9.17, 15) is 9.90 Å². The van der Waals surface area contributed by atoms with Crippen molar-refractivity contribution in [1.29, 1.82) is 0 Å². The summed E-state index contributed by atoms with van der Waals surface area (Å²) in [7, 11) is 0. The van der Waals surface area contributed by atoms with E-state index in [0.717, 1.165) is 51.9 Å². The molecule has 2 fully saturated rings. The molecule has 2 aliphatic heterocycles. The van der Waals surface area contributed by atoms with E-state index in [4.69, 9.17) is 0 Å². The van der Waals surface area contributed by atoms with E-state index >= 15 is 0 Å². The van der Waals surface area contributed by atoms with Gasteiger partial charge in [0.05, 0.1) is 0 Å². The zero-order valence-electron chi connectivity index (χ0n) is 13.3. The van der Waals surface area contributed by atoms with Crippen molar-refractivity contribution in [2.45, 2.75) is 51.5 Å². The first-order chi connectivity index (χ1) is 10.2. The highest BCUT2D eigenvalue weighted by Gasteiger charge is 2.29. The van der Waals surface area contributed by atoms with Crippen molar-refractivity contribution in [3.63, 3.8) is 0 Å². The van der Waals surface area contributed by atoms with E-state index in [-0.39, 0.29) is 5.91 Å². The molecule has 0 aromatic rings. The van der Waals surface area contributed by atoms with E-state index in [2.05, 4.69) is 17.9 Å². The Hall–Kier alpha value is -0.870. The molecule has 2 heterocycles. The largest absolute Gasteiger partial charge is 0.396 e. The smallest absolute Gasteiger partial charge is 0.226 e. The molecule has 21 heavy (non-hydrogen) atoms. The summed E-state index contributed by atoms with van der Waals surface area (Å²) in [5.74, 6) is 0.725. The molecule has 4 nitrogen and oxygen atoms in total. The molecular weight excluding hydrogens is 264 g/mol. The van der Waals surface area contributed by atoms with Gasteiger partial charge in [-0.3, -0.25) is 9.69 Å². The van der Waals surface area contributed by atoms with Crippen LogP contribution < -0.4 is 0 Å². The number of likely N-dealkylation sites (tertiary alicyclic amines) is 2. The lowest BCUT2D eigenvalue weighted by atomic mass is 9.94. The van der Waals surface area contributed by atoms with Crippen molar-refractivity contribution < 1.29 is 9.90 Å². The molecule has 4 heteroatoms. The Balaban J connectivity index is 1.75. The lowest BCUT2D eigenvalue weighted by Gasteiger charge is -2.42. The van der Waals surface area contributed by atoms with Crippen LogP contribution in [0, 0.1) is 5.92 Å². The maximum Gasteiger partial charge on any atom is 0.226 e. The summed E-state index contributed by atoms with van der Waals surface area (Å²) >= 11 is 0. The highest BCUT2D eigenvalue weighted by atomic mass is 16.3. The van der Waals surface area contributed by atoms with Crippen molar-refractivity contribution in [1.82, 2.24) is 9.80 Å². The Morgan fingerprint density at radius 1 is 1.19 bits per heavy atom. The van der Waals surface area contributed by atoms with Crippen LogP contribution in [-0.4, -0.2) is 59.6 Å². The molecule has 1 atom stereocenters. The molecule has 120 valence electrons. The Morgan fingerprint density at radius 2 is 1.95 bits per heavy atom. The number of hydrogen-bond donors (Lipinski definition) is 1. The number of allylic oxidation sites excluding steroid dienone is 1. The molecule has 0 aliphatic carbocycles. The fourth-order valence-corrected chi connectivity index (χ4v) is 3.54. The third kappa shape index (κ3) is 4.82. The first-order valence-corrected chi connectivity index (χ1v) is 8.52. The minimum absolute atomic E-state index is 0.269. The summed E-state index contributed by atoms with van der Waals surface area (Å²) in [6.07, 6.45) is 10.1. The number of rotatable bonds is 5. The van der Waals surface area contributed by atoms with E-state index in [0.29, 0.717) is 25.0 Å². The Morgan fingerprint density at radius 3 is 2.62 bits per heavy atom. The molecule has 0 unspecified atom stereocenters. The molecular formula is C17H30N2O2. The second kappa shape index (κ2) is 8.54. The molecule has 0 aromatic heterocycles. The summed E-state index contributed by atoms with van der Waals surface area (Å²) in [5, 5.41) is 9.34. The van der Waals surface area contributed by atoms with Gasteiger partial charge in [0, 0.05) is 38.7 Å². The van der Waals surface area contributed by atoms with Gasteiger partial charge in [0.15, 0.2) is 0 Å². The third-order valence-corrected chi connectivity index (χ3v) is 4.84. The van der Waals surface area contributed by atoms with Crippen LogP contribution >= 0.6 is 0 Å². The summed E-state index contributed by atoms with van der Waals surface area (Å²) in [5.41, 5.74) is 0. The number of nitrogens with zero attached hydrogens (tertiary/aromatic N) is 2. The van der Waals surface area contributed by atoms with Crippen molar-refractivity contribution in [2.75, 3.05) is 32.8 Å². The normalized spacial score (nSPS) is 25.6. The van der Waals surface area contributed by atoms with E-state index in [1.807, 2.05) is 11.0 Å². The molecule has 2 rings (SSSR count). The molecule has 1 amide bonds. The Kier molecular flexibility index (Phi) is 6.71. The number of carbonyl (C=O) groups excluding carboxylic acids is 1. The standard InChI is InChI=1S/C17H30N2O2/c1-2-3-4-7-17(21)18-11-8-16(9-12-18)19-10-5-6-15(13-19)14-20/h3-4,15-16,20H,2,5-14H2,1H3/b4-3+/t15-/m0/s1. The van der Waals surface area contributed by atoms with Crippen LogP contribution in [-0.2, 0) is 4.79 Å². The molecule has 0 spiro atoms. The number of aliphatic hydroxyl groups excluding tert-OH is 1. The predicted octanol–water partition coefficient (Wildman–Crippen LogP) is 2.04. The maximum absolute atomic E-state index is 12.1. The van der Waals surface area contributed by atoms with Crippen LogP contribution in [0.4, 0.5) is 0 Å². The monoisotopic (exact) mass is 294 g/mol. The van der Waals surface area contributed by atoms with E-state index in [1.54, 1.807) is 0 Å². The van der Waals surface area contributed by atoms with Crippen LogP contribution in [0.5, 0.6) is 0 Å². The summed E-state index contributed by atoms with van der Waals surface area (Å²) in [6, 6.07) is 0.606. The maximum atomic E-state index is 12.1. The van der Waals surface area contributed by atoms with Gasteiger partial charge in [-0.05, 0) is 44.6 Å². The average Bonchev–Trinajstić information content (AvgIpc) is 2.55. The first kappa shape index (κ1) is 16.5. The van der Waals surface area contributed by atoms with Gasteiger partial charge in [-0.2, -0.15) is 0 Å². The van der Waals surface area contributed by atoms with Crippen LogP contribution in [0.1, 0.15) is 45.4 Å². The van der Waals surface area contributed by atoms with E-state index < -0.39 is 0 Å². The number of carbonyl (C=O) groups is 1. The van der Waals surface area contributed by atoms with Gasteiger partial charge >= 0.3 is 0 Å². The van der Waals surface area contributed by atoms with Crippen molar-refractivity contribution in [3.05, 3.63) is 12.2 Å². The van der Waals surface area contributed by atoms with E-state index in [1.165, 1.54) is 6.42 Å². The first-order valence-electron chi connectivity index (χ1n) is 8.52. The van der Waals surface area contributed by atoms with Gasteiger partial charge in [0.25, 0.3) is 0 Å². The van der Waals surface area contributed by atoms with Crippen molar-refractivity contribution >= 4 is 5.91 Å². The zero-order valence-corrected chi connectivity index (χ0v) is 13.3. The molecule has 2 saturated heterocycles. The number of hydrogen-bond acceptors (Lipinski definition) is 3. The Labute approximate surface area is 128 Å². The second-order valence-corrected chi connectivity index (χ2v) is 6.38. The molecule has 1 N–H and O–H groups in total. The highest BCUT2D eigenvalue weighted by molar-refractivity contribution is 5.77. The van der Waals surface area contributed by atoms with Gasteiger partial charge in [-0.1, -0.05) is 19.1 Å². The zero-order chi connectivity index (χ0) is 15.1.